The molecule has 4 rings (SSSR count). The number of carboxylic acids is 1. The summed E-state index contributed by atoms with van der Waals surface area (Å²) < 4.78 is 12.6. The third-order valence-corrected chi connectivity index (χ3v) is 6.43. The lowest BCUT2D eigenvalue weighted by Crippen LogP contribution is -2.31. The highest BCUT2D eigenvalue weighted by atomic mass is 32.2. The Kier molecular flexibility index (Phi) is 8.48. The zero-order chi connectivity index (χ0) is 24.6. The van der Waals surface area contributed by atoms with E-state index in [1.807, 2.05) is 30.3 Å². The average Bonchev–Trinajstić information content (AvgIpc) is 3.40. The van der Waals surface area contributed by atoms with Gasteiger partial charge in [-0.2, -0.15) is 5.10 Å². The lowest BCUT2D eigenvalue weighted by Gasteiger charge is -2.36. The number of aromatic nitrogens is 3. The van der Waals surface area contributed by atoms with Crippen LogP contribution in [0.2, 0.25) is 0 Å². The molecule has 1 aliphatic heterocycles. The Morgan fingerprint density at radius 1 is 1.11 bits per heavy atom. The minimum absolute atomic E-state index is 0.0288. The number of aliphatic hydroxyl groups excluding tert-OH is 1. The molecule has 11 heteroatoms. The number of H-pyrrole nitrogens is 1. The van der Waals surface area contributed by atoms with Crippen molar-refractivity contribution < 1.29 is 29.3 Å². The summed E-state index contributed by atoms with van der Waals surface area (Å²) in [7, 11) is 0. The summed E-state index contributed by atoms with van der Waals surface area (Å²) in [5.74, 6) is -0.769. The van der Waals surface area contributed by atoms with Crippen LogP contribution in [0.25, 0.3) is 0 Å². The molecule has 1 saturated heterocycles. The fourth-order valence-corrected chi connectivity index (χ4v) is 4.46. The van der Waals surface area contributed by atoms with E-state index in [4.69, 9.17) is 14.6 Å². The highest BCUT2D eigenvalue weighted by Crippen LogP contribution is 2.39. The van der Waals surface area contributed by atoms with Gasteiger partial charge in [0.15, 0.2) is 11.4 Å². The average molecular weight is 499 g/mol. The van der Waals surface area contributed by atoms with E-state index >= 15 is 0 Å². The number of hydrogen-bond donors (Lipinski definition) is 4. The number of aliphatic carboxylic acids is 1. The van der Waals surface area contributed by atoms with Crippen LogP contribution >= 0.6 is 11.8 Å². The van der Waals surface area contributed by atoms with E-state index in [1.54, 1.807) is 18.2 Å². The highest BCUT2D eigenvalue weighted by Gasteiger charge is 2.32. The Morgan fingerprint density at radius 3 is 2.66 bits per heavy atom. The van der Waals surface area contributed by atoms with Crippen LogP contribution in [0.4, 0.5) is 5.69 Å². The molecule has 3 unspecified atom stereocenters. The number of nitrogens with one attached hydrogen (secondary N) is 2. The lowest BCUT2D eigenvalue weighted by atomic mass is 10.0. The van der Waals surface area contributed by atoms with Crippen LogP contribution in [-0.2, 0) is 25.7 Å². The van der Waals surface area contributed by atoms with Gasteiger partial charge in [-0.1, -0.05) is 48.2 Å². The fourth-order valence-electron chi connectivity index (χ4n) is 3.67. The van der Waals surface area contributed by atoms with Crippen molar-refractivity contribution in [1.82, 2.24) is 15.2 Å². The molecule has 0 aliphatic carbocycles. The van der Waals surface area contributed by atoms with Gasteiger partial charge in [-0.05, 0) is 23.3 Å². The number of nitrogens with zero attached hydrogens (tertiary/aromatic N) is 2. The maximum absolute atomic E-state index is 12.1. The molecule has 10 nitrogen and oxygen atoms in total. The molecule has 3 atom stereocenters. The molecule has 1 amide bonds. The summed E-state index contributed by atoms with van der Waals surface area (Å²) in [6, 6.07) is 14.8. The number of carbonyl (C=O) groups excluding carboxylic acids is 1. The molecule has 3 aromatic rings. The Balaban J connectivity index is 1.50. The number of ether oxygens (including phenoxy) is 2. The molecule has 4 N–H and O–H groups in total. The van der Waals surface area contributed by atoms with Crippen LogP contribution < -0.4 is 5.32 Å². The number of rotatable bonds is 10. The van der Waals surface area contributed by atoms with Crippen LogP contribution in [0.5, 0.6) is 0 Å². The van der Waals surface area contributed by atoms with Gasteiger partial charge in [0.05, 0.1) is 25.2 Å². The Morgan fingerprint density at radius 2 is 1.94 bits per heavy atom. The minimum Gasteiger partial charge on any atom is -0.481 e. The molecule has 1 fully saturated rings. The first-order chi connectivity index (χ1) is 17.0. The van der Waals surface area contributed by atoms with E-state index in [2.05, 4.69) is 20.5 Å². The molecule has 0 bridgehead atoms. The van der Waals surface area contributed by atoms with Crippen LogP contribution in [0, 0.1) is 0 Å². The second-order valence-corrected chi connectivity index (χ2v) is 9.03. The molecular weight excluding hydrogens is 472 g/mol. The smallest absolute Gasteiger partial charge is 0.303 e. The predicted octanol–water partition coefficient (Wildman–Crippen LogP) is 3.44. The molecule has 1 aromatic heterocycles. The minimum atomic E-state index is -1.02. The van der Waals surface area contributed by atoms with Crippen molar-refractivity contribution in [2.75, 3.05) is 11.1 Å². The van der Waals surface area contributed by atoms with Gasteiger partial charge in [0.1, 0.15) is 6.33 Å². The molecule has 0 saturated carbocycles. The topological polar surface area (TPSA) is 147 Å². The second kappa shape index (κ2) is 11.9. The largest absolute Gasteiger partial charge is 0.481 e. The zero-order valence-corrected chi connectivity index (χ0v) is 19.6. The number of carboxylic acid groups (broad SMARTS) is 1. The summed E-state index contributed by atoms with van der Waals surface area (Å²) >= 11 is 1.51. The standard InChI is InChI=1S/C24H26N4O6S/c29-12-15-4-6-16(7-5-15)20-11-19(13-35-24-25-14-26-28-24)33-23(34-20)17-2-1-3-18(10-17)27-21(30)8-9-22(31)32/h1-7,10,14,19-20,23,29H,8-9,11-13H2,(H,27,30)(H,31,32)(H,25,26,28). The number of hydrogen-bond acceptors (Lipinski definition) is 8. The van der Waals surface area contributed by atoms with E-state index in [1.165, 1.54) is 18.1 Å². The van der Waals surface area contributed by atoms with Gasteiger partial charge in [0.2, 0.25) is 5.91 Å². The number of aliphatic hydroxyl groups is 1. The number of aromatic amines is 1. The molecule has 2 aromatic carbocycles. The molecular formula is C24H26N4O6S. The zero-order valence-electron chi connectivity index (χ0n) is 18.8. The van der Waals surface area contributed by atoms with Crippen molar-refractivity contribution in [2.24, 2.45) is 0 Å². The Labute approximate surface area is 206 Å². The quantitative estimate of drug-likeness (QED) is 0.309. The van der Waals surface area contributed by atoms with Crippen molar-refractivity contribution >= 4 is 29.3 Å². The maximum atomic E-state index is 12.1. The number of benzene rings is 2. The lowest BCUT2D eigenvalue weighted by molar-refractivity contribution is -0.245. The fraction of sp³-hybridized carbons (Fsp3) is 0.333. The maximum Gasteiger partial charge on any atom is 0.303 e. The van der Waals surface area contributed by atoms with Crippen molar-refractivity contribution in [3.63, 3.8) is 0 Å². The van der Waals surface area contributed by atoms with Crippen LogP contribution in [0.3, 0.4) is 0 Å². The van der Waals surface area contributed by atoms with Gasteiger partial charge >= 0.3 is 5.97 Å². The van der Waals surface area contributed by atoms with Crippen molar-refractivity contribution in [2.45, 2.75) is 49.5 Å². The van der Waals surface area contributed by atoms with Crippen molar-refractivity contribution in [1.29, 1.82) is 0 Å². The van der Waals surface area contributed by atoms with Gasteiger partial charge in [-0.3, -0.25) is 14.7 Å². The summed E-state index contributed by atoms with van der Waals surface area (Å²) in [4.78, 5) is 26.9. The van der Waals surface area contributed by atoms with Gasteiger partial charge in [0.25, 0.3) is 0 Å². The highest BCUT2D eigenvalue weighted by molar-refractivity contribution is 7.99. The number of amides is 1. The SMILES string of the molecule is O=C(O)CCC(=O)Nc1cccc(C2OC(CSc3ncn[nH]3)CC(c3ccc(CO)cc3)O2)c1. The third-order valence-electron chi connectivity index (χ3n) is 5.42. The van der Waals surface area contributed by atoms with Crippen LogP contribution in [0.15, 0.2) is 60.0 Å². The van der Waals surface area contributed by atoms with Gasteiger partial charge < -0.3 is 25.0 Å². The van der Waals surface area contributed by atoms with Crippen LogP contribution in [0.1, 0.15) is 48.3 Å². The van der Waals surface area contributed by atoms with E-state index in [9.17, 15) is 14.7 Å². The molecule has 0 spiro atoms. The van der Waals surface area contributed by atoms with Gasteiger partial charge in [-0.25, -0.2) is 4.98 Å². The molecule has 184 valence electrons. The molecule has 0 radical (unpaired) electrons. The molecule has 1 aliphatic rings. The summed E-state index contributed by atoms with van der Waals surface area (Å²) in [6.45, 7) is -0.0288. The van der Waals surface area contributed by atoms with E-state index in [0.717, 1.165) is 16.7 Å². The second-order valence-electron chi connectivity index (χ2n) is 8.02. The van der Waals surface area contributed by atoms with E-state index in [0.29, 0.717) is 23.0 Å². The number of carbonyl (C=O) groups is 2. The molecule has 2 heterocycles. The van der Waals surface area contributed by atoms with Gasteiger partial charge in [-0.15, -0.1) is 0 Å². The molecule has 35 heavy (non-hydrogen) atoms. The van der Waals surface area contributed by atoms with E-state index < -0.39 is 12.3 Å². The normalized spacial score (nSPS) is 19.9. The summed E-state index contributed by atoms with van der Waals surface area (Å²) in [6.07, 6.45) is 0.669. The number of thioether (sulfide) groups is 1. The first-order valence-corrected chi connectivity index (χ1v) is 12.1. The van der Waals surface area contributed by atoms with E-state index in [-0.39, 0.29) is 37.6 Å². The van der Waals surface area contributed by atoms with Crippen molar-refractivity contribution in [3.05, 3.63) is 71.5 Å². The van der Waals surface area contributed by atoms with Crippen LogP contribution in [-0.4, -0.2) is 49.1 Å². The Bertz CT molecular complexity index is 1130. The first kappa shape index (κ1) is 24.9. The van der Waals surface area contributed by atoms with Crippen molar-refractivity contribution in [3.8, 4) is 0 Å². The first-order valence-electron chi connectivity index (χ1n) is 11.1. The monoisotopic (exact) mass is 498 g/mol. The predicted molar refractivity (Wildman–Crippen MR) is 127 cm³/mol. The third kappa shape index (κ3) is 7.12. The summed E-state index contributed by atoms with van der Waals surface area (Å²) in [5.41, 5.74) is 3.06. The van der Waals surface area contributed by atoms with Gasteiger partial charge in [0, 0.05) is 29.8 Å². The number of anilines is 1. The Hall–Kier alpha value is -3.25. The summed E-state index contributed by atoms with van der Waals surface area (Å²) in [5, 5.41) is 28.3.